The van der Waals surface area contributed by atoms with E-state index in [1.54, 1.807) is 17.5 Å². The molecule has 0 fully saturated rings. The summed E-state index contributed by atoms with van der Waals surface area (Å²) in [6, 6.07) is 1.81. The number of aromatic nitrogens is 3. The van der Waals surface area contributed by atoms with Crippen LogP contribution in [-0.4, -0.2) is 15.0 Å². The van der Waals surface area contributed by atoms with E-state index in [1.807, 2.05) is 18.4 Å². The van der Waals surface area contributed by atoms with E-state index in [0.29, 0.717) is 0 Å². The molecular formula is C8H6ClN3S2. The number of thiazole rings is 1. The number of nitrogens with zero attached hydrogens (tertiary/aromatic N) is 3. The van der Waals surface area contributed by atoms with E-state index in [2.05, 4.69) is 15.0 Å². The minimum absolute atomic E-state index is 0.267. The molecule has 0 aliphatic rings. The Morgan fingerprint density at radius 1 is 1.43 bits per heavy atom. The lowest BCUT2D eigenvalue weighted by molar-refractivity contribution is 1.04. The first-order chi connectivity index (χ1) is 6.74. The lowest BCUT2D eigenvalue weighted by Gasteiger charge is -1.95. The zero-order valence-corrected chi connectivity index (χ0v) is 9.66. The molecule has 0 spiro atoms. The van der Waals surface area contributed by atoms with Crippen molar-refractivity contribution < 1.29 is 0 Å². The van der Waals surface area contributed by atoms with Crippen molar-refractivity contribution in [2.45, 2.75) is 16.3 Å². The van der Waals surface area contributed by atoms with Crippen molar-refractivity contribution in [2.24, 2.45) is 0 Å². The molecule has 2 aromatic rings. The van der Waals surface area contributed by atoms with Crippen molar-refractivity contribution in [1.29, 1.82) is 0 Å². The first-order valence-corrected chi connectivity index (χ1v) is 5.90. The highest BCUT2D eigenvalue weighted by Crippen LogP contribution is 2.28. The standard InChI is InChI=1S/C8H6ClN3S2/c1-5-4-13-8(11-5)14-6-2-3-10-7(9)12-6/h2-4H,1H3. The lowest BCUT2D eigenvalue weighted by Crippen LogP contribution is -1.83. The monoisotopic (exact) mass is 243 g/mol. The molecule has 0 radical (unpaired) electrons. The molecule has 0 aromatic carbocycles. The Labute approximate surface area is 94.6 Å². The minimum Gasteiger partial charge on any atom is -0.235 e. The molecule has 0 saturated carbocycles. The highest BCUT2D eigenvalue weighted by Gasteiger charge is 2.03. The molecule has 6 heteroatoms. The zero-order valence-electron chi connectivity index (χ0n) is 7.27. The highest BCUT2D eigenvalue weighted by molar-refractivity contribution is 8.01. The van der Waals surface area contributed by atoms with Crippen LogP contribution in [0.5, 0.6) is 0 Å². The molecule has 0 N–H and O–H groups in total. The van der Waals surface area contributed by atoms with Gasteiger partial charge < -0.3 is 0 Å². The predicted molar refractivity (Wildman–Crippen MR) is 58.0 cm³/mol. The third-order valence-electron chi connectivity index (χ3n) is 1.39. The van der Waals surface area contributed by atoms with Gasteiger partial charge in [-0.25, -0.2) is 15.0 Å². The number of hydrogen-bond acceptors (Lipinski definition) is 5. The van der Waals surface area contributed by atoms with Crippen LogP contribution in [-0.2, 0) is 0 Å². The summed E-state index contributed by atoms with van der Waals surface area (Å²) in [5.74, 6) is 0. The Hall–Kier alpha value is -0.650. The van der Waals surface area contributed by atoms with Gasteiger partial charge in [-0.05, 0) is 36.4 Å². The van der Waals surface area contributed by atoms with Crippen molar-refractivity contribution in [2.75, 3.05) is 0 Å². The second-order valence-electron chi connectivity index (χ2n) is 2.52. The van der Waals surface area contributed by atoms with E-state index in [-0.39, 0.29) is 5.28 Å². The molecule has 2 aromatic heterocycles. The number of aryl methyl sites for hydroxylation is 1. The molecule has 2 heterocycles. The summed E-state index contributed by atoms with van der Waals surface area (Å²) in [5.41, 5.74) is 1.03. The maximum absolute atomic E-state index is 5.66. The summed E-state index contributed by atoms with van der Waals surface area (Å²) in [6.45, 7) is 1.97. The predicted octanol–water partition coefficient (Wildman–Crippen LogP) is 3.05. The van der Waals surface area contributed by atoms with Crippen molar-refractivity contribution in [3.8, 4) is 0 Å². The molecule has 0 aliphatic carbocycles. The first-order valence-electron chi connectivity index (χ1n) is 3.82. The van der Waals surface area contributed by atoms with Crippen molar-refractivity contribution in [3.63, 3.8) is 0 Å². The highest BCUT2D eigenvalue weighted by atomic mass is 35.5. The fourth-order valence-electron chi connectivity index (χ4n) is 0.845. The molecule has 14 heavy (non-hydrogen) atoms. The van der Waals surface area contributed by atoms with Gasteiger partial charge in [0.25, 0.3) is 0 Å². The second kappa shape index (κ2) is 4.25. The van der Waals surface area contributed by atoms with Gasteiger partial charge >= 0.3 is 0 Å². The van der Waals surface area contributed by atoms with Crippen molar-refractivity contribution in [3.05, 3.63) is 28.6 Å². The van der Waals surface area contributed by atoms with Crippen LogP contribution >= 0.6 is 34.7 Å². The zero-order chi connectivity index (χ0) is 9.97. The Morgan fingerprint density at radius 2 is 2.29 bits per heavy atom. The number of hydrogen-bond donors (Lipinski definition) is 0. The first kappa shape index (κ1) is 9.89. The maximum Gasteiger partial charge on any atom is 0.223 e. The SMILES string of the molecule is Cc1csc(Sc2ccnc(Cl)n2)n1. The Kier molecular flexibility index (Phi) is 3.00. The maximum atomic E-state index is 5.66. The minimum atomic E-state index is 0.267. The van der Waals surface area contributed by atoms with Crippen LogP contribution < -0.4 is 0 Å². The third kappa shape index (κ3) is 2.43. The van der Waals surface area contributed by atoms with Gasteiger partial charge in [-0.1, -0.05) is 0 Å². The lowest BCUT2D eigenvalue weighted by atomic mass is 10.6. The van der Waals surface area contributed by atoms with E-state index in [1.165, 1.54) is 11.8 Å². The number of halogens is 1. The van der Waals surface area contributed by atoms with E-state index in [4.69, 9.17) is 11.6 Å². The smallest absolute Gasteiger partial charge is 0.223 e. The van der Waals surface area contributed by atoms with Gasteiger partial charge in [-0.2, -0.15) is 0 Å². The van der Waals surface area contributed by atoms with Gasteiger partial charge in [-0.3, -0.25) is 0 Å². The summed E-state index contributed by atoms with van der Waals surface area (Å²) >= 11 is 8.76. The number of rotatable bonds is 2. The van der Waals surface area contributed by atoms with Crippen molar-refractivity contribution >= 4 is 34.7 Å². The molecule has 3 nitrogen and oxygen atoms in total. The van der Waals surface area contributed by atoms with Gasteiger partial charge in [0.15, 0.2) is 4.34 Å². The topological polar surface area (TPSA) is 38.7 Å². The molecular weight excluding hydrogens is 238 g/mol. The fraction of sp³-hybridized carbons (Fsp3) is 0.125. The van der Waals surface area contributed by atoms with E-state index < -0.39 is 0 Å². The van der Waals surface area contributed by atoms with E-state index >= 15 is 0 Å². The van der Waals surface area contributed by atoms with Crippen LogP contribution in [0, 0.1) is 6.92 Å². The van der Waals surface area contributed by atoms with Gasteiger partial charge in [0.2, 0.25) is 5.28 Å². The summed E-state index contributed by atoms with van der Waals surface area (Å²) in [6.07, 6.45) is 1.64. The summed E-state index contributed by atoms with van der Waals surface area (Å²) in [7, 11) is 0. The summed E-state index contributed by atoms with van der Waals surface area (Å²) in [5, 5.41) is 3.09. The Morgan fingerprint density at radius 3 is 2.93 bits per heavy atom. The summed E-state index contributed by atoms with van der Waals surface area (Å²) in [4.78, 5) is 12.2. The Balaban J connectivity index is 2.18. The quantitative estimate of drug-likeness (QED) is 0.600. The molecule has 2 rings (SSSR count). The van der Waals surface area contributed by atoms with Gasteiger partial charge in [0, 0.05) is 17.3 Å². The summed E-state index contributed by atoms with van der Waals surface area (Å²) < 4.78 is 0.970. The van der Waals surface area contributed by atoms with Crippen LogP contribution in [0.1, 0.15) is 5.69 Å². The molecule has 0 amide bonds. The van der Waals surface area contributed by atoms with Crippen LogP contribution in [0.15, 0.2) is 27.0 Å². The molecule has 0 bridgehead atoms. The van der Waals surface area contributed by atoms with Crippen LogP contribution in [0.25, 0.3) is 0 Å². The van der Waals surface area contributed by atoms with Crippen molar-refractivity contribution in [1.82, 2.24) is 15.0 Å². The fourth-order valence-corrected chi connectivity index (χ4v) is 2.79. The van der Waals surface area contributed by atoms with Crippen LogP contribution in [0.2, 0.25) is 5.28 Å². The molecule has 0 aliphatic heterocycles. The van der Waals surface area contributed by atoms with E-state index in [0.717, 1.165) is 15.1 Å². The molecule has 0 saturated heterocycles. The normalized spacial score (nSPS) is 10.4. The van der Waals surface area contributed by atoms with Crippen LogP contribution in [0.3, 0.4) is 0 Å². The molecule has 0 atom stereocenters. The van der Waals surface area contributed by atoms with E-state index in [9.17, 15) is 0 Å². The van der Waals surface area contributed by atoms with Gasteiger partial charge in [-0.15, -0.1) is 11.3 Å². The van der Waals surface area contributed by atoms with Gasteiger partial charge in [0.1, 0.15) is 5.03 Å². The van der Waals surface area contributed by atoms with Crippen LogP contribution in [0.4, 0.5) is 0 Å². The molecule has 72 valence electrons. The molecule has 0 unspecified atom stereocenters. The van der Waals surface area contributed by atoms with Gasteiger partial charge in [0.05, 0.1) is 0 Å². The average Bonchev–Trinajstić information content (AvgIpc) is 2.51. The second-order valence-corrected chi connectivity index (χ2v) is 4.98. The largest absolute Gasteiger partial charge is 0.235 e. The average molecular weight is 244 g/mol. The third-order valence-corrected chi connectivity index (χ3v) is 3.57. The Bertz CT molecular complexity index is 444.